The van der Waals surface area contributed by atoms with E-state index < -0.39 is 0 Å². The van der Waals surface area contributed by atoms with Crippen LogP contribution >= 0.6 is 0 Å². The monoisotopic (exact) mass is 219 g/mol. The van der Waals surface area contributed by atoms with Crippen molar-refractivity contribution < 1.29 is 13.9 Å². The number of aromatic nitrogens is 1. The Bertz CT molecular complexity index is 491. The molecule has 0 aliphatic heterocycles. The molecule has 0 bridgehead atoms. The maximum absolute atomic E-state index is 5.33. The van der Waals surface area contributed by atoms with Gasteiger partial charge in [-0.2, -0.15) is 0 Å². The van der Waals surface area contributed by atoms with E-state index in [1.807, 2.05) is 19.1 Å². The molecule has 84 valence electrons. The summed E-state index contributed by atoms with van der Waals surface area (Å²) < 4.78 is 15.7. The fraction of sp³-hybridized carbons (Fsp3) is 0.250. The van der Waals surface area contributed by atoms with Gasteiger partial charge in [-0.15, -0.1) is 0 Å². The SMILES string of the molecule is COc1ccc(-c2nc(C)co2)c(OC)c1. The first-order valence-electron chi connectivity index (χ1n) is 4.89. The van der Waals surface area contributed by atoms with E-state index in [1.165, 1.54) is 0 Å². The van der Waals surface area contributed by atoms with Crippen LogP contribution in [0.1, 0.15) is 5.69 Å². The highest BCUT2D eigenvalue weighted by molar-refractivity contribution is 5.64. The number of aryl methyl sites for hydroxylation is 1. The molecule has 0 atom stereocenters. The van der Waals surface area contributed by atoms with Gasteiger partial charge >= 0.3 is 0 Å². The number of benzene rings is 1. The number of ether oxygens (including phenoxy) is 2. The molecule has 0 aliphatic rings. The van der Waals surface area contributed by atoms with E-state index in [4.69, 9.17) is 13.9 Å². The lowest BCUT2D eigenvalue weighted by Gasteiger charge is -2.07. The van der Waals surface area contributed by atoms with Crippen LogP contribution in [-0.2, 0) is 0 Å². The molecule has 16 heavy (non-hydrogen) atoms. The van der Waals surface area contributed by atoms with Gasteiger partial charge in [0.25, 0.3) is 0 Å². The summed E-state index contributed by atoms with van der Waals surface area (Å²) in [5.74, 6) is 1.97. The predicted molar refractivity (Wildman–Crippen MR) is 59.8 cm³/mol. The molecule has 0 aliphatic carbocycles. The Hall–Kier alpha value is -1.97. The smallest absolute Gasteiger partial charge is 0.229 e. The lowest BCUT2D eigenvalue weighted by molar-refractivity contribution is 0.394. The van der Waals surface area contributed by atoms with Crippen LogP contribution in [-0.4, -0.2) is 19.2 Å². The summed E-state index contributed by atoms with van der Waals surface area (Å²) in [6, 6.07) is 5.51. The second kappa shape index (κ2) is 4.26. The Kier molecular flexibility index (Phi) is 2.81. The number of oxazole rings is 1. The third-order valence-corrected chi connectivity index (χ3v) is 2.26. The van der Waals surface area contributed by atoms with E-state index in [0.717, 1.165) is 17.0 Å². The van der Waals surface area contributed by atoms with Crippen LogP contribution < -0.4 is 9.47 Å². The summed E-state index contributed by atoms with van der Waals surface area (Å²) in [7, 11) is 3.22. The molecule has 2 rings (SSSR count). The van der Waals surface area contributed by atoms with E-state index in [1.54, 1.807) is 26.5 Å². The van der Waals surface area contributed by atoms with Crippen LogP contribution in [0.5, 0.6) is 11.5 Å². The molecule has 0 radical (unpaired) electrons. The standard InChI is InChI=1S/C12H13NO3/c1-8-7-16-12(13-8)10-5-4-9(14-2)6-11(10)15-3/h4-7H,1-3H3. The fourth-order valence-corrected chi connectivity index (χ4v) is 1.45. The van der Waals surface area contributed by atoms with Gasteiger partial charge in [0.1, 0.15) is 17.8 Å². The van der Waals surface area contributed by atoms with Crippen molar-refractivity contribution in [3.8, 4) is 23.0 Å². The van der Waals surface area contributed by atoms with Crippen LogP contribution in [0, 0.1) is 6.92 Å². The minimum atomic E-state index is 0.553. The van der Waals surface area contributed by atoms with Gasteiger partial charge in [0.05, 0.1) is 25.5 Å². The molecule has 1 heterocycles. The fourth-order valence-electron chi connectivity index (χ4n) is 1.45. The van der Waals surface area contributed by atoms with Crippen molar-refractivity contribution in [2.45, 2.75) is 6.92 Å². The molecule has 0 N–H and O–H groups in total. The van der Waals surface area contributed by atoms with Gasteiger partial charge in [0.2, 0.25) is 5.89 Å². The second-order valence-electron chi connectivity index (χ2n) is 3.36. The molecule has 4 nitrogen and oxygen atoms in total. The van der Waals surface area contributed by atoms with Crippen LogP contribution in [0.4, 0.5) is 0 Å². The molecule has 1 aromatic carbocycles. The molecule has 0 amide bonds. The third-order valence-electron chi connectivity index (χ3n) is 2.26. The van der Waals surface area contributed by atoms with E-state index >= 15 is 0 Å². The molecule has 0 fully saturated rings. The minimum absolute atomic E-state index is 0.553. The molecule has 2 aromatic rings. The number of methoxy groups -OCH3 is 2. The summed E-state index contributed by atoms with van der Waals surface area (Å²) in [4.78, 5) is 4.26. The zero-order chi connectivity index (χ0) is 11.5. The van der Waals surface area contributed by atoms with E-state index in [9.17, 15) is 0 Å². The Morgan fingerprint density at radius 1 is 1.19 bits per heavy atom. The summed E-state index contributed by atoms with van der Waals surface area (Å²) in [6.07, 6.45) is 1.61. The Balaban J connectivity index is 2.48. The summed E-state index contributed by atoms with van der Waals surface area (Å²) in [5.41, 5.74) is 1.66. The van der Waals surface area contributed by atoms with Crippen LogP contribution in [0.3, 0.4) is 0 Å². The van der Waals surface area contributed by atoms with Crippen molar-refractivity contribution in [1.29, 1.82) is 0 Å². The first-order valence-corrected chi connectivity index (χ1v) is 4.89. The topological polar surface area (TPSA) is 44.5 Å². The highest BCUT2D eigenvalue weighted by Gasteiger charge is 2.11. The molecule has 4 heteroatoms. The third kappa shape index (κ3) is 1.86. The first kappa shape index (κ1) is 10.5. The molecule has 0 unspecified atom stereocenters. The van der Waals surface area contributed by atoms with Crippen molar-refractivity contribution in [3.63, 3.8) is 0 Å². The highest BCUT2D eigenvalue weighted by Crippen LogP contribution is 2.32. The lowest BCUT2D eigenvalue weighted by Crippen LogP contribution is -1.90. The number of hydrogen-bond donors (Lipinski definition) is 0. The van der Waals surface area contributed by atoms with Crippen molar-refractivity contribution >= 4 is 0 Å². The molecule has 0 spiro atoms. The maximum Gasteiger partial charge on any atom is 0.229 e. The Morgan fingerprint density at radius 3 is 2.56 bits per heavy atom. The highest BCUT2D eigenvalue weighted by atomic mass is 16.5. The van der Waals surface area contributed by atoms with Gasteiger partial charge in [-0.3, -0.25) is 0 Å². The molecule has 0 saturated heterocycles. The number of hydrogen-bond acceptors (Lipinski definition) is 4. The van der Waals surface area contributed by atoms with Crippen molar-refractivity contribution in [3.05, 3.63) is 30.2 Å². The Morgan fingerprint density at radius 2 is 2.00 bits per heavy atom. The zero-order valence-electron chi connectivity index (χ0n) is 9.48. The number of rotatable bonds is 3. The van der Waals surface area contributed by atoms with Crippen molar-refractivity contribution in [2.75, 3.05) is 14.2 Å². The summed E-state index contributed by atoms with van der Waals surface area (Å²) >= 11 is 0. The summed E-state index contributed by atoms with van der Waals surface area (Å²) in [6.45, 7) is 1.88. The minimum Gasteiger partial charge on any atom is -0.497 e. The average molecular weight is 219 g/mol. The largest absolute Gasteiger partial charge is 0.497 e. The normalized spacial score (nSPS) is 10.2. The zero-order valence-corrected chi connectivity index (χ0v) is 9.48. The van der Waals surface area contributed by atoms with Gasteiger partial charge in [-0.25, -0.2) is 4.98 Å². The van der Waals surface area contributed by atoms with Gasteiger partial charge in [0, 0.05) is 6.07 Å². The summed E-state index contributed by atoms with van der Waals surface area (Å²) in [5, 5.41) is 0. The average Bonchev–Trinajstić information content (AvgIpc) is 2.74. The van der Waals surface area contributed by atoms with E-state index in [0.29, 0.717) is 11.6 Å². The predicted octanol–water partition coefficient (Wildman–Crippen LogP) is 2.67. The van der Waals surface area contributed by atoms with E-state index in [-0.39, 0.29) is 0 Å². The first-order chi connectivity index (χ1) is 7.74. The second-order valence-corrected chi connectivity index (χ2v) is 3.36. The van der Waals surface area contributed by atoms with Crippen molar-refractivity contribution in [2.24, 2.45) is 0 Å². The maximum atomic E-state index is 5.33. The van der Waals surface area contributed by atoms with Gasteiger partial charge in [-0.05, 0) is 19.1 Å². The lowest BCUT2D eigenvalue weighted by atomic mass is 10.2. The van der Waals surface area contributed by atoms with Gasteiger partial charge < -0.3 is 13.9 Å². The molecular formula is C12H13NO3. The molecule has 1 aromatic heterocycles. The Labute approximate surface area is 93.8 Å². The van der Waals surface area contributed by atoms with Crippen LogP contribution in [0.2, 0.25) is 0 Å². The number of nitrogens with zero attached hydrogens (tertiary/aromatic N) is 1. The van der Waals surface area contributed by atoms with Crippen molar-refractivity contribution in [1.82, 2.24) is 4.98 Å². The van der Waals surface area contributed by atoms with Crippen LogP contribution in [0.15, 0.2) is 28.9 Å². The van der Waals surface area contributed by atoms with Gasteiger partial charge in [0.15, 0.2) is 0 Å². The van der Waals surface area contributed by atoms with Crippen LogP contribution in [0.25, 0.3) is 11.5 Å². The molecular weight excluding hydrogens is 206 g/mol. The van der Waals surface area contributed by atoms with E-state index in [2.05, 4.69) is 4.98 Å². The molecule has 0 saturated carbocycles. The van der Waals surface area contributed by atoms with Gasteiger partial charge in [-0.1, -0.05) is 0 Å². The quantitative estimate of drug-likeness (QED) is 0.796.